The molecule has 0 saturated heterocycles. The number of aliphatic hydroxyl groups excluding tert-OH is 4. The third kappa shape index (κ3) is 2.37. The molecule has 6 heteroatoms. The minimum absolute atomic E-state index is 0.156. The van der Waals surface area contributed by atoms with E-state index < -0.39 is 24.4 Å². The number of hydrogen-bond donors (Lipinski definition) is 5. The first-order valence-corrected chi connectivity index (χ1v) is 5.67. The third-order valence-electron chi connectivity index (χ3n) is 2.86. The van der Waals surface area contributed by atoms with Crippen molar-refractivity contribution in [1.82, 2.24) is 9.97 Å². The van der Waals surface area contributed by atoms with Gasteiger partial charge in [-0.2, -0.15) is 0 Å². The van der Waals surface area contributed by atoms with Crippen LogP contribution in [0.15, 0.2) is 24.3 Å². The molecule has 0 amide bonds. The lowest BCUT2D eigenvalue weighted by Crippen LogP contribution is -2.39. The molecule has 1 heterocycles. The van der Waals surface area contributed by atoms with E-state index in [0.29, 0.717) is 5.52 Å². The lowest BCUT2D eigenvalue weighted by Gasteiger charge is -2.23. The van der Waals surface area contributed by atoms with Crippen molar-refractivity contribution in [1.29, 1.82) is 0 Å². The minimum atomic E-state index is -1.51. The molecular formula is C12H16N2O4. The Hall–Kier alpha value is -1.47. The summed E-state index contributed by atoms with van der Waals surface area (Å²) in [6, 6.07) is 7.17. The van der Waals surface area contributed by atoms with Crippen LogP contribution < -0.4 is 0 Å². The summed E-state index contributed by atoms with van der Waals surface area (Å²) in [6.07, 6.45) is -5.47. The SMILES string of the molecule is C[C@@H](O)[C@H](O)[C@H](O)[C@H](O)c1nc2ccccc2[nH]1. The van der Waals surface area contributed by atoms with Crippen LogP contribution in [0.1, 0.15) is 18.9 Å². The maximum absolute atomic E-state index is 9.89. The average Bonchev–Trinajstić information content (AvgIpc) is 2.79. The van der Waals surface area contributed by atoms with Crippen molar-refractivity contribution in [2.75, 3.05) is 0 Å². The van der Waals surface area contributed by atoms with Crippen LogP contribution in [-0.4, -0.2) is 48.7 Å². The number of imidazole rings is 1. The maximum atomic E-state index is 9.89. The van der Waals surface area contributed by atoms with Crippen molar-refractivity contribution >= 4 is 11.0 Å². The lowest BCUT2D eigenvalue weighted by atomic mass is 10.0. The van der Waals surface area contributed by atoms with Crippen molar-refractivity contribution in [3.05, 3.63) is 30.1 Å². The van der Waals surface area contributed by atoms with Gasteiger partial charge >= 0.3 is 0 Å². The molecule has 18 heavy (non-hydrogen) atoms. The molecule has 0 unspecified atom stereocenters. The van der Waals surface area contributed by atoms with Crippen LogP contribution in [0.3, 0.4) is 0 Å². The number of rotatable bonds is 4. The van der Waals surface area contributed by atoms with Gasteiger partial charge in [0.1, 0.15) is 24.1 Å². The van der Waals surface area contributed by atoms with Gasteiger partial charge in [-0.25, -0.2) is 4.98 Å². The number of aromatic amines is 1. The highest BCUT2D eigenvalue weighted by atomic mass is 16.4. The summed E-state index contributed by atoms with van der Waals surface area (Å²) < 4.78 is 0. The fourth-order valence-corrected chi connectivity index (χ4v) is 1.75. The maximum Gasteiger partial charge on any atom is 0.140 e. The molecule has 0 aliphatic carbocycles. The quantitative estimate of drug-likeness (QED) is 0.513. The molecule has 0 aliphatic rings. The Morgan fingerprint density at radius 1 is 1.06 bits per heavy atom. The largest absolute Gasteiger partial charge is 0.391 e. The summed E-state index contributed by atoms with van der Waals surface area (Å²) in [5.41, 5.74) is 1.38. The molecule has 0 spiro atoms. The first-order chi connectivity index (χ1) is 8.50. The standard InChI is InChI=1S/C12H16N2O4/c1-6(15)9(16)10(17)11(18)12-13-7-4-2-3-5-8(7)14-12/h2-6,9-11,15-18H,1H3,(H,13,14)/t6-,9+,10+,11+/m1/s1. The Kier molecular flexibility index (Phi) is 3.63. The van der Waals surface area contributed by atoms with Gasteiger partial charge in [0, 0.05) is 0 Å². The summed E-state index contributed by atoms with van der Waals surface area (Å²) in [5, 5.41) is 38.3. The van der Waals surface area contributed by atoms with E-state index >= 15 is 0 Å². The zero-order chi connectivity index (χ0) is 13.3. The Morgan fingerprint density at radius 3 is 2.33 bits per heavy atom. The summed E-state index contributed by atoms with van der Waals surface area (Å²) in [7, 11) is 0. The molecule has 0 bridgehead atoms. The van der Waals surface area contributed by atoms with Crippen LogP contribution in [0.2, 0.25) is 0 Å². The van der Waals surface area contributed by atoms with Crippen LogP contribution in [0.5, 0.6) is 0 Å². The van der Waals surface area contributed by atoms with Crippen LogP contribution >= 0.6 is 0 Å². The third-order valence-corrected chi connectivity index (χ3v) is 2.86. The number of nitrogens with one attached hydrogen (secondary N) is 1. The molecule has 6 nitrogen and oxygen atoms in total. The van der Waals surface area contributed by atoms with Crippen molar-refractivity contribution in [3.8, 4) is 0 Å². The molecule has 4 atom stereocenters. The van der Waals surface area contributed by atoms with Gasteiger partial charge in [0.15, 0.2) is 0 Å². The van der Waals surface area contributed by atoms with Crippen molar-refractivity contribution in [3.63, 3.8) is 0 Å². The zero-order valence-corrected chi connectivity index (χ0v) is 9.85. The molecule has 0 fully saturated rings. The monoisotopic (exact) mass is 252 g/mol. The first kappa shape index (κ1) is 13.0. The van der Waals surface area contributed by atoms with E-state index in [4.69, 9.17) is 0 Å². The van der Waals surface area contributed by atoms with Crippen LogP contribution in [-0.2, 0) is 0 Å². The van der Waals surface area contributed by atoms with Gasteiger partial charge < -0.3 is 25.4 Å². The second-order valence-corrected chi connectivity index (χ2v) is 4.31. The number of para-hydroxylation sites is 2. The molecule has 2 aromatic rings. The van der Waals surface area contributed by atoms with E-state index in [-0.39, 0.29) is 5.82 Å². The molecule has 0 saturated carbocycles. The average molecular weight is 252 g/mol. The first-order valence-electron chi connectivity index (χ1n) is 5.67. The highest BCUT2D eigenvalue weighted by molar-refractivity contribution is 5.74. The minimum Gasteiger partial charge on any atom is -0.391 e. The van der Waals surface area contributed by atoms with Gasteiger partial charge in [-0.3, -0.25) is 0 Å². The molecule has 0 aliphatic heterocycles. The topological polar surface area (TPSA) is 110 Å². The van der Waals surface area contributed by atoms with E-state index in [1.54, 1.807) is 18.2 Å². The summed E-state index contributed by atoms with van der Waals surface area (Å²) in [4.78, 5) is 6.97. The van der Waals surface area contributed by atoms with Gasteiger partial charge in [-0.1, -0.05) is 12.1 Å². The second-order valence-electron chi connectivity index (χ2n) is 4.31. The fourth-order valence-electron chi connectivity index (χ4n) is 1.75. The number of H-pyrrole nitrogens is 1. The van der Waals surface area contributed by atoms with Crippen molar-refractivity contribution < 1.29 is 20.4 Å². The number of hydrogen-bond acceptors (Lipinski definition) is 5. The predicted molar refractivity (Wildman–Crippen MR) is 64.7 cm³/mol. The molecule has 1 aromatic heterocycles. The number of fused-ring (bicyclic) bond motifs is 1. The van der Waals surface area contributed by atoms with Crippen LogP contribution in [0.25, 0.3) is 11.0 Å². The number of aromatic nitrogens is 2. The fraction of sp³-hybridized carbons (Fsp3) is 0.417. The zero-order valence-electron chi connectivity index (χ0n) is 9.85. The van der Waals surface area contributed by atoms with Crippen LogP contribution in [0.4, 0.5) is 0 Å². The second kappa shape index (κ2) is 5.03. The van der Waals surface area contributed by atoms with Gasteiger partial charge in [0.25, 0.3) is 0 Å². The Labute approximate surface area is 104 Å². The molecule has 5 N–H and O–H groups in total. The summed E-state index contributed by atoms with van der Waals surface area (Å²) >= 11 is 0. The Bertz CT molecular complexity index is 493. The van der Waals surface area contributed by atoms with E-state index in [9.17, 15) is 20.4 Å². The number of nitrogens with zero attached hydrogens (tertiary/aromatic N) is 1. The van der Waals surface area contributed by atoms with E-state index in [0.717, 1.165) is 5.52 Å². The highest BCUT2D eigenvalue weighted by Crippen LogP contribution is 2.21. The van der Waals surface area contributed by atoms with E-state index in [1.165, 1.54) is 6.92 Å². The van der Waals surface area contributed by atoms with Crippen LogP contribution in [0, 0.1) is 0 Å². The van der Waals surface area contributed by atoms with Gasteiger partial charge in [0.2, 0.25) is 0 Å². The number of aliphatic hydroxyl groups is 4. The van der Waals surface area contributed by atoms with Gasteiger partial charge in [-0.15, -0.1) is 0 Å². The summed E-state index contributed by atoms with van der Waals surface area (Å²) in [5.74, 6) is 0.156. The molecule has 0 radical (unpaired) electrons. The summed E-state index contributed by atoms with van der Waals surface area (Å²) in [6.45, 7) is 1.33. The number of benzene rings is 1. The van der Waals surface area contributed by atoms with E-state index in [2.05, 4.69) is 9.97 Å². The van der Waals surface area contributed by atoms with Gasteiger partial charge in [-0.05, 0) is 19.1 Å². The Morgan fingerprint density at radius 2 is 1.72 bits per heavy atom. The lowest BCUT2D eigenvalue weighted by molar-refractivity contribution is -0.103. The molecular weight excluding hydrogens is 236 g/mol. The van der Waals surface area contributed by atoms with Crippen molar-refractivity contribution in [2.45, 2.75) is 31.3 Å². The van der Waals surface area contributed by atoms with E-state index in [1.807, 2.05) is 6.07 Å². The molecule has 98 valence electrons. The Balaban J connectivity index is 2.25. The highest BCUT2D eigenvalue weighted by Gasteiger charge is 2.30. The van der Waals surface area contributed by atoms with Gasteiger partial charge in [0.05, 0.1) is 17.1 Å². The molecule has 2 rings (SSSR count). The smallest absolute Gasteiger partial charge is 0.140 e. The normalized spacial score (nSPS) is 18.5. The molecule has 1 aromatic carbocycles. The van der Waals surface area contributed by atoms with Crippen molar-refractivity contribution in [2.24, 2.45) is 0 Å². The predicted octanol–water partition coefficient (Wildman–Crippen LogP) is -0.301.